The molecular weight excluding hydrogens is 246 g/mol. The number of aromatic nitrogens is 1. The van der Waals surface area contributed by atoms with Gasteiger partial charge in [-0.2, -0.15) is 0 Å². The van der Waals surface area contributed by atoms with Crippen molar-refractivity contribution in [1.29, 1.82) is 0 Å². The Morgan fingerprint density at radius 1 is 1.44 bits per heavy atom. The first kappa shape index (κ1) is 13.2. The Balaban J connectivity index is 2.05. The van der Waals surface area contributed by atoms with E-state index in [0.29, 0.717) is 0 Å². The van der Waals surface area contributed by atoms with Crippen molar-refractivity contribution in [2.75, 3.05) is 13.1 Å². The van der Waals surface area contributed by atoms with Crippen LogP contribution in [0.25, 0.3) is 0 Å². The Labute approximate surface area is 112 Å². The summed E-state index contributed by atoms with van der Waals surface area (Å²) in [6.45, 7) is 9.56. The van der Waals surface area contributed by atoms with Crippen molar-refractivity contribution in [2.45, 2.75) is 33.7 Å². The molecule has 1 saturated heterocycles. The van der Waals surface area contributed by atoms with Crippen molar-refractivity contribution in [1.82, 2.24) is 15.6 Å². The van der Waals surface area contributed by atoms with E-state index in [1.165, 1.54) is 5.57 Å². The lowest BCUT2D eigenvalue weighted by Crippen LogP contribution is -2.38. The number of nitrogens with zero attached hydrogens (tertiary/aromatic N) is 1. The predicted molar refractivity (Wildman–Crippen MR) is 73.7 cm³/mol. The minimum atomic E-state index is 0.0206. The third kappa shape index (κ3) is 2.62. The zero-order valence-corrected chi connectivity index (χ0v) is 12.1. The van der Waals surface area contributed by atoms with Crippen molar-refractivity contribution >= 4 is 17.2 Å². The third-order valence-electron chi connectivity index (χ3n) is 3.23. The number of rotatable bonds is 3. The largest absolute Gasteiger partial charge is 0.345 e. The molecule has 1 fully saturated rings. The molecule has 0 radical (unpaired) electrons. The molecular formula is C13H19N3OS. The van der Waals surface area contributed by atoms with Crippen LogP contribution in [0.3, 0.4) is 0 Å². The van der Waals surface area contributed by atoms with Gasteiger partial charge in [-0.15, -0.1) is 11.3 Å². The highest BCUT2D eigenvalue weighted by Gasteiger charge is 2.19. The molecule has 1 aromatic rings. The second-order valence-corrected chi connectivity index (χ2v) is 5.94. The first-order chi connectivity index (χ1) is 8.49. The average molecular weight is 265 g/mol. The summed E-state index contributed by atoms with van der Waals surface area (Å²) in [7, 11) is 0. The van der Waals surface area contributed by atoms with Gasteiger partial charge in [-0.3, -0.25) is 4.79 Å². The molecule has 2 heterocycles. The summed E-state index contributed by atoms with van der Waals surface area (Å²) in [5.74, 6) is 0.0319. The summed E-state index contributed by atoms with van der Waals surface area (Å²) in [6.07, 6.45) is 0. The molecule has 1 aliphatic heterocycles. The minimum absolute atomic E-state index is 0.0206. The van der Waals surface area contributed by atoms with Crippen LogP contribution >= 0.6 is 11.3 Å². The van der Waals surface area contributed by atoms with Gasteiger partial charge in [0.1, 0.15) is 0 Å². The van der Waals surface area contributed by atoms with Crippen molar-refractivity contribution in [3.63, 3.8) is 0 Å². The summed E-state index contributed by atoms with van der Waals surface area (Å²) >= 11 is 1.65. The molecule has 4 nitrogen and oxygen atoms in total. The number of thiazole rings is 1. The number of nitrogens with one attached hydrogen (secondary N) is 2. The maximum atomic E-state index is 12.1. The van der Waals surface area contributed by atoms with E-state index in [-0.39, 0.29) is 11.9 Å². The van der Waals surface area contributed by atoms with Gasteiger partial charge in [-0.25, -0.2) is 4.98 Å². The molecule has 5 heteroatoms. The molecule has 0 aliphatic carbocycles. The lowest BCUT2D eigenvalue weighted by Gasteiger charge is -2.22. The van der Waals surface area contributed by atoms with E-state index in [4.69, 9.17) is 0 Å². The maximum absolute atomic E-state index is 12.1. The summed E-state index contributed by atoms with van der Waals surface area (Å²) in [6, 6.07) is 0.0206. The van der Waals surface area contributed by atoms with Gasteiger partial charge in [0.15, 0.2) is 0 Å². The number of hydrogen-bond acceptors (Lipinski definition) is 4. The van der Waals surface area contributed by atoms with Gasteiger partial charge in [0, 0.05) is 23.5 Å². The Kier molecular flexibility index (Phi) is 3.82. The summed E-state index contributed by atoms with van der Waals surface area (Å²) < 4.78 is 0. The normalized spacial score (nSPS) is 16.1. The Hall–Kier alpha value is -1.20. The molecule has 0 saturated carbocycles. The molecule has 2 N–H and O–H groups in total. The van der Waals surface area contributed by atoms with Crippen molar-refractivity contribution < 1.29 is 4.79 Å². The molecule has 1 atom stereocenters. The van der Waals surface area contributed by atoms with Crippen LogP contribution in [-0.4, -0.2) is 24.0 Å². The second kappa shape index (κ2) is 5.20. The molecule has 1 aromatic heterocycles. The van der Waals surface area contributed by atoms with Crippen LogP contribution in [0.2, 0.25) is 0 Å². The predicted octanol–water partition coefficient (Wildman–Crippen LogP) is 1.86. The Morgan fingerprint density at radius 3 is 2.56 bits per heavy atom. The maximum Gasteiger partial charge on any atom is 0.247 e. The van der Waals surface area contributed by atoms with Crippen LogP contribution < -0.4 is 10.6 Å². The van der Waals surface area contributed by atoms with Crippen molar-refractivity contribution in [3.8, 4) is 0 Å². The van der Waals surface area contributed by atoms with Crippen LogP contribution in [0.15, 0.2) is 11.1 Å². The van der Waals surface area contributed by atoms with E-state index in [0.717, 1.165) is 34.2 Å². The summed E-state index contributed by atoms with van der Waals surface area (Å²) in [5.41, 5.74) is 3.07. The lowest BCUT2D eigenvalue weighted by molar-refractivity contribution is -0.118. The van der Waals surface area contributed by atoms with Crippen molar-refractivity contribution in [3.05, 3.63) is 26.7 Å². The first-order valence-electron chi connectivity index (χ1n) is 6.13. The lowest BCUT2D eigenvalue weighted by atomic mass is 10.0. The van der Waals surface area contributed by atoms with Crippen LogP contribution in [0.5, 0.6) is 0 Å². The van der Waals surface area contributed by atoms with E-state index in [1.54, 1.807) is 11.3 Å². The molecule has 2 rings (SSSR count). The average Bonchev–Trinajstić information content (AvgIpc) is 2.55. The van der Waals surface area contributed by atoms with E-state index in [9.17, 15) is 4.79 Å². The summed E-state index contributed by atoms with van der Waals surface area (Å²) in [5, 5.41) is 7.24. The fourth-order valence-corrected chi connectivity index (χ4v) is 2.92. The second-order valence-electron chi connectivity index (χ2n) is 4.71. The molecule has 1 amide bonds. The smallest absolute Gasteiger partial charge is 0.247 e. The number of carbonyl (C=O) groups excluding carboxylic acids is 1. The van der Waals surface area contributed by atoms with Gasteiger partial charge >= 0.3 is 0 Å². The van der Waals surface area contributed by atoms with Gasteiger partial charge in [-0.05, 0) is 33.3 Å². The Morgan fingerprint density at radius 2 is 2.11 bits per heavy atom. The van der Waals surface area contributed by atoms with Gasteiger partial charge in [0.25, 0.3) is 0 Å². The highest BCUT2D eigenvalue weighted by molar-refractivity contribution is 7.11. The Bertz CT molecular complexity index is 498. The SMILES string of the molecule is CC(C(=O)NC(C)c1sc(C)nc1C)=C1CNC1. The molecule has 1 unspecified atom stereocenters. The van der Waals surface area contributed by atoms with Gasteiger partial charge in [0.2, 0.25) is 5.91 Å². The van der Waals surface area contributed by atoms with Crippen LogP contribution in [-0.2, 0) is 4.79 Å². The monoisotopic (exact) mass is 265 g/mol. The van der Waals surface area contributed by atoms with Crippen LogP contribution in [0, 0.1) is 13.8 Å². The fraction of sp³-hybridized carbons (Fsp3) is 0.538. The molecule has 0 bridgehead atoms. The third-order valence-corrected chi connectivity index (χ3v) is 4.48. The highest BCUT2D eigenvalue weighted by Crippen LogP contribution is 2.24. The number of carbonyl (C=O) groups is 1. The zero-order valence-electron chi connectivity index (χ0n) is 11.3. The van der Waals surface area contributed by atoms with Crippen molar-refractivity contribution in [2.24, 2.45) is 0 Å². The fourth-order valence-electron chi connectivity index (χ4n) is 1.99. The van der Waals surface area contributed by atoms with E-state index < -0.39 is 0 Å². The quantitative estimate of drug-likeness (QED) is 0.820. The zero-order chi connectivity index (χ0) is 13.3. The number of amides is 1. The van der Waals surface area contributed by atoms with E-state index in [2.05, 4.69) is 15.6 Å². The molecule has 1 aliphatic rings. The van der Waals surface area contributed by atoms with E-state index >= 15 is 0 Å². The number of aryl methyl sites for hydroxylation is 2. The van der Waals surface area contributed by atoms with Crippen LogP contribution in [0.4, 0.5) is 0 Å². The first-order valence-corrected chi connectivity index (χ1v) is 6.94. The molecule has 18 heavy (non-hydrogen) atoms. The van der Waals surface area contributed by atoms with Crippen LogP contribution in [0.1, 0.15) is 35.5 Å². The molecule has 0 spiro atoms. The molecule has 98 valence electrons. The van der Waals surface area contributed by atoms with Gasteiger partial charge in [0.05, 0.1) is 16.7 Å². The standard InChI is InChI=1S/C13H19N3OS/c1-7(11-5-14-6-11)13(17)16-9(3)12-8(2)15-10(4)18-12/h9,14H,5-6H2,1-4H3,(H,16,17). The van der Waals surface area contributed by atoms with Gasteiger partial charge in [-0.1, -0.05) is 0 Å². The van der Waals surface area contributed by atoms with Gasteiger partial charge < -0.3 is 10.6 Å². The highest BCUT2D eigenvalue weighted by atomic mass is 32.1. The summed E-state index contributed by atoms with van der Waals surface area (Å²) in [4.78, 5) is 17.6. The minimum Gasteiger partial charge on any atom is -0.345 e. The van der Waals surface area contributed by atoms with E-state index in [1.807, 2.05) is 27.7 Å². The number of hydrogen-bond donors (Lipinski definition) is 2. The topological polar surface area (TPSA) is 54.0 Å². The molecule has 0 aromatic carbocycles.